The number of nitrogens with zero attached hydrogens (tertiary/aromatic N) is 2. The Morgan fingerprint density at radius 3 is 2.52 bits per heavy atom. The molecule has 1 aromatic heterocycles. The van der Waals surface area contributed by atoms with Crippen LogP contribution in [0.1, 0.15) is 49.6 Å². The van der Waals surface area contributed by atoms with Crippen LogP contribution in [0.15, 0.2) is 42.5 Å². The number of benzene rings is 2. The molecule has 1 saturated carbocycles. The smallest absolute Gasteiger partial charge is 0.154 e. The highest BCUT2D eigenvalue weighted by molar-refractivity contribution is 6.30. The van der Waals surface area contributed by atoms with E-state index in [9.17, 15) is 0 Å². The average molecular weight is 407 g/mol. The van der Waals surface area contributed by atoms with Gasteiger partial charge >= 0.3 is 0 Å². The van der Waals surface area contributed by atoms with Gasteiger partial charge < -0.3 is 11.1 Å². The van der Waals surface area contributed by atoms with E-state index in [-0.39, 0.29) is 0 Å². The third kappa shape index (κ3) is 4.95. The molecule has 0 bridgehead atoms. The first-order chi connectivity index (χ1) is 14.1. The van der Waals surface area contributed by atoms with Gasteiger partial charge in [-0.15, -0.1) is 0 Å². The number of fused-ring (bicyclic) bond motifs is 1. The number of aromatic nitrogens is 2. The zero-order chi connectivity index (χ0) is 20.2. The fourth-order valence-electron chi connectivity index (χ4n) is 3.80. The summed E-state index contributed by atoms with van der Waals surface area (Å²) >= 11 is 5.98. The summed E-state index contributed by atoms with van der Waals surface area (Å²) in [4.78, 5) is 9.62. The number of nitrogens with one attached hydrogen (secondary N) is 1. The molecule has 29 heavy (non-hydrogen) atoms. The largest absolute Gasteiger partial charge is 0.367 e. The molecule has 2 aromatic carbocycles. The Labute approximate surface area is 177 Å². The van der Waals surface area contributed by atoms with E-state index < -0.39 is 0 Å². The third-order valence-electron chi connectivity index (χ3n) is 5.59. The molecule has 4 rings (SSSR count). The Bertz CT molecular complexity index is 1010. The quantitative estimate of drug-likeness (QED) is 0.570. The van der Waals surface area contributed by atoms with Crippen molar-refractivity contribution in [2.45, 2.75) is 51.1 Å². The molecule has 1 aliphatic rings. The highest BCUT2D eigenvalue weighted by atomic mass is 35.5. The van der Waals surface area contributed by atoms with E-state index in [2.05, 4.69) is 30.4 Å². The van der Waals surface area contributed by atoms with Gasteiger partial charge in [0.1, 0.15) is 5.82 Å². The van der Waals surface area contributed by atoms with Gasteiger partial charge in [-0.05, 0) is 73.6 Å². The normalized spacial score (nSPS) is 19.7. The molecule has 0 atom stereocenters. The lowest BCUT2D eigenvalue weighted by Gasteiger charge is -2.27. The maximum absolute atomic E-state index is 6.08. The van der Waals surface area contributed by atoms with Gasteiger partial charge in [0.25, 0.3) is 0 Å². The SMILES string of the molecule is CCc1ccc2nc(C=Cc3ccc(Cl)cc3)nc(NC3CCC(N)CC3)c2c1. The maximum atomic E-state index is 6.08. The molecule has 0 radical (unpaired) electrons. The van der Waals surface area contributed by atoms with Crippen LogP contribution in [-0.4, -0.2) is 22.1 Å². The van der Waals surface area contributed by atoms with Crippen molar-refractivity contribution < 1.29 is 0 Å². The van der Waals surface area contributed by atoms with E-state index in [4.69, 9.17) is 27.3 Å². The zero-order valence-electron chi connectivity index (χ0n) is 16.7. The van der Waals surface area contributed by atoms with E-state index in [0.29, 0.717) is 17.9 Å². The summed E-state index contributed by atoms with van der Waals surface area (Å²) in [6, 6.07) is 14.9. The van der Waals surface area contributed by atoms with Crippen LogP contribution in [0.2, 0.25) is 5.02 Å². The first-order valence-corrected chi connectivity index (χ1v) is 10.7. The van der Waals surface area contributed by atoms with Crippen molar-refractivity contribution in [2.24, 2.45) is 5.73 Å². The number of hydrogen-bond donors (Lipinski definition) is 2. The molecular weight excluding hydrogens is 380 g/mol. The van der Waals surface area contributed by atoms with E-state index in [1.54, 1.807) is 0 Å². The summed E-state index contributed by atoms with van der Waals surface area (Å²) in [5, 5.41) is 5.50. The first-order valence-electron chi connectivity index (χ1n) is 10.4. The van der Waals surface area contributed by atoms with Crippen molar-refractivity contribution in [2.75, 3.05) is 5.32 Å². The molecule has 3 N–H and O–H groups in total. The Kier molecular flexibility index (Phi) is 6.12. The molecule has 0 amide bonds. The van der Waals surface area contributed by atoms with Crippen LogP contribution in [0.5, 0.6) is 0 Å². The number of aryl methyl sites for hydroxylation is 1. The van der Waals surface area contributed by atoms with Crippen molar-refractivity contribution >= 4 is 40.5 Å². The van der Waals surface area contributed by atoms with Crippen LogP contribution in [0.3, 0.4) is 0 Å². The van der Waals surface area contributed by atoms with Gasteiger partial charge in [-0.25, -0.2) is 9.97 Å². The van der Waals surface area contributed by atoms with E-state index in [1.165, 1.54) is 5.56 Å². The Balaban J connectivity index is 1.67. The van der Waals surface area contributed by atoms with Crippen molar-refractivity contribution in [3.8, 4) is 0 Å². The van der Waals surface area contributed by atoms with E-state index >= 15 is 0 Å². The Hall–Kier alpha value is -2.43. The number of rotatable bonds is 5. The summed E-state index contributed by atoms with van der Waals surface area (Å²) in [5.41, 5.74) is 9.39. The second-order valence-corrected chi connectivity index (χ2v) is 8.21. The van der Waals surface area contributed by atoms with Crippen molar-refractivity contribution in [1.29, 1.82) is 0 Å². The summed E-state index contributed by atoms with van der Waals surface area (Å²) < 4.78 is 0. The maximum Gasteiger partial charge on any atom is 0.154 e. The monoisotopic (exact) mass is 406 g/mol. The summed E-state index contributed by atoms with van der Waals surface area (Å²) in [6.07, 6.45) is 9.24. The molecule has 5 heteroatoms. The van der Waals surface area contributed by atoms with Gasteiger partial charge in [0.2, 0.25) is 0 Å². The molecule has 1 fully saturated rings. The molecule has 1 aliphatic carbocycles. The molecule has 150 valence electrons. The fourth-order valence-corrected chi connectivity index (χ4v) is 3.93. The van der Waals surface area contributed by atoms with E-state index in [0.717, 1.165) is 59.4 Å². The lowest BCUT2D eigenvalue weighted by atomic mass is 9.92. The van der Waals surface area contributed by atoms with Crippen molar-refractivity contribution in [3.63, 3.8) is 0 Å². The van der Waals surface area contributed by atoms with Crippen LogP contribution in [0, 0.1) is 0 Å². The van der Waals surface area contributed by atoms with Crippen molar-refractivity contribution in [3.05, 3.63) is 64.4 Å². The number of hydrogen-bond acceptors (Lipinski definition) is 4. The average Bonchev–Trinajstić information content (AvgIpc) is 2.74. The second-order valence-electron chi connectivity index (χ2n) is 7.78. The lowest BCUT2D eigenvalue weighted by Crippen LogP contribution is -2.33. The van der Waals surface area contributed by atoms with Crippen LogP contribution >= 0.6 is 11.6 Å². The van der Waals surface area contributed by atoms with Gasteiger partial charge in [-0.2, -0.15) is 0 Å². The molecule has 3 aromatic rings. The fraction of sp³-hybridized carbons (Fsp3) is 0.333. The molecule has 0 saturated heterocycles. The highest BCUT2D eigenvalue weighted by Crippen LogP contribution is 2.27. The third-order valence-corrected chi connectivity index (χ3v) is 5.85. The van der Waals surface area contributed by atoms with Crippen LogP contribution < -0.4 is 11.1 Å². The predicted octanol–water partition coefficient (Wildman–Crippen LogP) is 5.70. The molecule has 0 aliphatic heterocycles. The topological polar surface area (TPSA) is 63.8 Å². The van der Waals surface area contributed by atoms with Crippen LogP contribution in [0.4, 0.5) is 5.82 Å². The standard InChI is InChI=1S/C24H27ClN4/c1-2-16-5-13-22-21(15-16)24(27-20-11-9-19(26)10-12-20)29-23(28-22)14-6-17-3-7-18(25)8-4-17/h3-8,13-15,19-20H,2,9-12,26H2,1H3,(H,27,28,29). The predicted molar refractivity (Wildman–Crippen MR) is 123 cm³/mol. The van der Waals surface area contributed by atoms with Gasteiger partial charge in [0.05, 0.1) is 5.52 Å². The minimum Gasteiger partial charge on any atom is -0.367 e. The minimum atomic E-state index is 0.333. The molecular formula is C24H27ClN4. The Morgan fingerprint density at radius 1 is 1.03 bits per heavy atom. The molecule has 0 unspecified atom stereocenters. The van der Waals surface area contributed by atoms with Crippen LogP contribution in [0.25, 0.3) is 23.1 Å². The van der Waals surface area contributed by atoms with Gasteiger partial charge in [-0.3, -0.25) is 0 Å². The molecule has 0 spiro atoms. The van der Waals surface area contributed by atoms with Crippen LogP contribution in [-0.2, 0) is 6.42 Å². The number of nitrogens with two attached hydrogens (primary N) is 1. The van der Waals surface area contributed by atoms with Gasteiger partial charge in [0, 0.05) is 22.5 Å². The second kappa shape index (κ2) is 8.93. The van der Waals surface area contributed by atoms with E-state index in [1.807, 2.05) is 36.4 Å². The minimum absolute atomic E-state index is 0.333. The number of anilines is 1. The highest BCUT2D eigenvalue weighted by Gasteiger charge is 2.20. The lowest BCUT2D eigenvalue weighted by molar-refractivity contribution is 0.410. The molecule has 1 heterocycles. The molecule has 4 nitrogen and oxygen atoms in total. The van der Waals surface area contributed by atoms with Crippen molar-refractivity contribution in [1.82, 2.24) is 9.97 Å². The summed E-state index contributed by atoms with van der Waals surface area (Å²) in [5.74, 6) is 1.62. The summed E-state index contributed by atoms with van der Waals surface area (Å²) in [7, 11) is 0. The summed E-state index contributed by atoms with van der Waals surface area (Å²) in [6.45, 7) is 2.17. The first kappa shape index (κ1) is 19.9. The van der Waals surface area contributed by atoms with Gasteiger partial charge in [0.15, 0.2) is 5.82 Å². The zero-order valence-corrected chi connectivity index (χ0v) is 17.5. The Morgan fingerprint density at radius 2 is 1.79 bits per heavy atom. The van der Waals surface area contributed by atoms with Gasteiger partial charge in [-0.1, -0.05) is 42.8 Å². The number of halogens is 1.